The Morgan fingerprint density at radius 3 is 2.52 bits per heavy atom. The molecule has 31 heavy (non-hydrogen) atoms. The standard InChI is InChI=1S/C23H19F3N2O3/c1-15-10-20(30-14-18-4-2-3-9-27-18)11-17-13-28(22(29)21(15)17)12-16-5-7-19(8-6-16)31-23(24,25)26/h2-11H,12-14H2,1H3. The predicted molar refractivity (Wildman–Crippen MR) is 106 cm³/mol. The summed E-state index contributed by atoms with van der Waals surface area (Å²) in [5, 5.41) is 0. The van der Waals surface area contributed by atoms with Gasteiger partial charge in [0, 0.05) is 24.8 Å². The first-order chi connectivity index (χ1) is 14.8. The highest BCUT2D eigenvalue weighted by Crippen LogP contribution is 2.32. The smallest absolute Gasteiger partial charge is 0.487 e. The molecule has 2 heterocycles. The third-order valence-electron chi connectivity index (χ3n) is 4.90. The van der Waals surface area contributed by atoms with Crippen molar-refractivity contribution in [2.24, 2.45) is 0 Å². The summed E-state index contributed by atoms with van der Waals surface area (Å²) in [6, 6.07) is 14.8. The minimum atomic E-state index is -4.73. The molecule has 8 heteroatoms. The topological polar surface area (TPSA) is 51.7 Å². The molecule has 0 saturated heterocycles. The molecule has 2 aromatic carbocycles. The summed E-state index contributed by atoms with van der Waals surface area (Å²) in [4.78, 5) is 18.7. The normalized spacial score (nSPS) is 13.3. The Morgan fingerprint density at radius 2 is 1.84 bits per heavy atom. The van der Waals surface area contributed by atoms with Crippen LogP contribution in [0.3, 0.4) is 0 Å². The number of hydrogen-bond donors (Lipinski definition) is 0. The van der Waals surface area contributed by atoms with E-state index in [0.29, 0.717) is 30.0 Å². The van der Waals surface area contributed by atoms with E-state index in [2.05, 4.69) is 9.72 Å². The number of rotatable bonds is 6. The number of fused-ring (bicyclic) bond motifs is 1. The summed E-state index contributed by atoms with van der Waals surface area (Å²) in [7, 11) is 0. The van der Waals surface area contributed by atoms with Crippen molar-refractivity contribution < 1.29 is 27.4 Å². The number of hydrogen-bond acceptors (Lipinski definition) is 4. The molecule has 5 nitrogen and oxygen atoms in total. The summed E-state index contributed by atoms with van der Waals surface area (Å²) in [6.07, 6.45) is -3.03. The summed E-state index contributed by atoms with van der Waals surface area (Å²) in [5.41, 5.74) is 3.83. The average molecular weight is 428 g/mol. The van der Waals surface area contributed by atoms with E-state index in [9.17, 15) is 18.0 Å². The third kappa shape index (κ3) is 4.96. The molecule has 0 atom stereocenters. The van der Waals surface area contributed by atoms with Gasteiger partial charge in [0.15, 0.2) is 0 Å². The number of ether oxygens (including phenoxy) is 2. The van der Waals surface area contributed by atoms with Crippen LogP contribution in [-0.2, 0) is 19.7 Å². The van der Waals surface area contributed by atoms with Crippen LogP contribution in [0.2, 0.25) is 0 Å². The van der Waals surface area contributed by atoms with Crippen LogP contribution in [0.25, 0.3) is 0 Å². The van der Waals surface area contributed by atoms with E-state index in [1.165, 1.54) is 24.3 Å². The number of carbonyl (C=O) groups is 1. The molecule has 160 valence electrons. The zero-order valence-corrected chi connectivity index (χ0v) is 16.6. The number of pyridine rings is 1. The van der Waals surface area contributed by atoms with Crippen LogP contribution in [0.5, 0.6) is 11.5 Å². The lowest BCUT2D eigenvalue weighted by Crippen LogP contribution is -2.23. The molecule has 1 amide bonds. The molecule has 0 unspecified atom stereocenters. The Labute approximate surface area is 177 Å². The van der Waals surface area contributed by atoms with Gasteiger partial charge in [0.05, 0.1) is 5.69 Å². The maximum atomic E-state index is 12.9. The van der Waals surface area contributed by atoms with E-state index < -0.39 is 6.36 Å². The molecule has 0 saturated carbocycles. The number of nitrogens with zero attached hydrogens (tertiary/aromatic N) is 2. The number of amides is 1. The van der Waals surface area contributed by atoms with Crippen LogP contribution in [0.15, 0.2) is 60.8 Å². The Balaban J connectivity index is 1.44. The molecule has 0 fully saturated rings. The summed E-state index contributed by atoms with van der Waals surface area (Å²) in [5.74, 6) is 0.252. The summed E-state index contributed by atoms with van der Waals surface area (Å²) in [6.45, 7) is 2.86. The van der Waals surface area contributed by atoms with Gasteiger partial charge in [-0.3, -0.25) is 9.78 Å². The van der Waals surface area contributed by atoms with Crippen LogP contribution in [0, 0.1) is 6.92 Å². The SMILES string of the molecule is Cc1cc(OCc2ccccn2)cc2c1C(=O)N(Cc1ccc(OC(F)(F)F)cc1)C2. The highest BCUT2D eigenvalue weighted by atomic mass is 19.4. The van der Waals surface area contributed by atoms with Crippen molar-refractivity contribution in [2.75, 3.05) is 0 Å². The number of aryl methyl sites for hydroxylation is 1. The molecule has 0 radical (unpaired) electrons. The fraction of sp³-hybridized carbons (Fsp3) is 0.217. The van der Waals surface area contributed by atoms with Gasteiger partial charge >= 0.3 is 6.36 Å². The Morgan fingerprint density at radius 1 is 1.06 bits per heavy atom. The first-order valence-corrected chi connectivity index (χ1v) is 9.59. The summed E-state index contributed by atoms with van der Waals surface area (Å²) < 4.78 is 46.6. The van der Waals surface area contributed by atoms with Gasteiger partial charge in [0.2, 0.25) is 0 Å². The lowest BCUT2D eigenvalue weighted by atomic mass is 10.0. The second-order valence-electron chi connectivity index (χ2n) is 7.24. The van der Waals surface area contributed by atoms with E-state index >= 15 is 0 Å². The van der Waals surface area contributed by atoms with Crippen LogP contribution in [0.4, 0.5) is 13.2 Å². The third-order valence-corrected chi connectivity index (χ3v) is 4.90. The van der Waals surface area contributed by atoms with E-state index in [0.717, 1.165) is 16.8 Å². The Kier molecular flexibility index (Phi) is 5.54. The molecule has 0 N–H and O–H groups in total. The maximum Gasteiger partial charge on any atom is 0.573 e. The van der Waals surface area contributed by atoms with E-state index in [-0.39, 0.29) is 18.2 Å². The van der Waals surface area contributed by atoms with Gasteiger partial charge in [-0.05, 0) is 60.0 Å². The van der Waals surface area contributed by atoms with Crippen molar-refractivity contribution >= 4 is 5.91 Å². The van der Waals surface area contributed by atoms with Gasteiger partial charge in [-0.1, -0.05) is 18.2 Å². The minimum Gasteiger partial charge on any atom is -0.487 e. The lowest BCUT2D eigenvalue weighted by molar-refractivity contribution is -0.274. The highest BCUT2D eigenvalue weighted by Gasteiger charge is 2.32. The molecule has 1 aliphatic heterocycles. The molecular weight excluding hydrogens is 409 g/mol. The number of aromatic nitrogens is 1. The lowest BCUT2D eigenvalue weighted by Gasteiger charge is -2.16. The number of halogens is 3. The van der Waals surface area contributed by atoms with Gasteiger partial charge in [0.1, 0.15) is 18.1 Å². The first kappa shape index (κ1) is 20.7. The van der Waals surface area contributed by atoms with Crippen LogP contribution in [-0.4, -0.2) is 22.2 Å². The zero-order valence-electron chi connectivity index (χ0n) is 16.6. The van der Waals surface area contributed by atoms with E-state index in [1.54, 1.807) is 11.1 Å². The molecule has 4 rings (SSSR count). The summed E-state index contributed by atoms with van der Waals surface area (Å²) >= 11 is 0. The quantitative estimate of drug-likeness (QED) is 0.553. The number of carbonyl (C=O) groups excluding carboxylic acids is 1. The molecule has 3 aromatic rings. The van der Waals surface area contributed by atoms with Crippen molar-refractivity contribution in [3.63, 3.8) is 0 Å². The van der Waals surface area contributed by atoms with Crippen molar-refractivity contribution in [3.8, 4) is 11.5 Å². The minimum absolute atomic E-state index is 0.112. The van der Waals surface area contributed by atoms with Gasteiger partial charge in [0.25, 0.3) is 5.91 Å². The van der Waals surface area contributed by atoms with Gasteiger partial charge in [-0.25, -0.2) is 0 Å². The largest absolute Gasteiger partial charge is 0.573 e. The Bertz CT molecular complexity index is 1080. The molecule has 1 aliphatic rings. The van der Waals surface area contributed by atoms with Crippen LogP contribution < -0.4 is 9.47 Å². The second kappa shape index (κ2) is 8.29. The number of alkyl halides is 3. The monoisotopic (exact) mass is 428 g/mol. The zero-order chi connectivity index (χ0) is 22.0. The highest BCUT2D eigenvalue weighted by molar-refractivity contribution is 6.00. The molecule has 1 aromatic heterocycles. The molecule has 0 aliphatic carbocycles. The molecule has 0 spiro atoms. The van der Waals surface area contributed by atoms with Gasteiger partial charge in [-0.15, -0.1) is 13.2 Å². The van der Waals surface area contributed by atoms with Gasteiger partial charge in [-0.2, -0.15) is 0 Å². The van der Waals surface area contributed by atoms with Crippen LogP contribution >= 0.6 is 0 Å². The molecular formula is C23H19F3N2O3. The van der Waals surface area contributed by atoms with Crippen molar-refractivity contribution in [1.29, 1.82) is 0 Å². The van der Waals surface area contributed by atoms with Crippen molar-refractivity contribution in [3.05, 3.63) is 88.7 Å². The van der Waals surface area contributed by atoms with E-state index in [4.69, 9.17) is 4.74 Å². The maximum absolute atomic E-state index is 12.9. The van der Waals surface area contributed by atoms with Crippen molar-refractivity contribution in [1.82, 2.24) is 9.88 Å². The second-order valence-corrected chi connectivity index (χ2v) is 7.24. The average Bonchev–Trinajstić information content (AvgIpc) is 3.03. The van der Waals surface area contributed by atoms with E-state index in [1.807, 2.05) is 37.3 Å². The Hall–Kier alpha value is -3.55. The number of benzene rings is 2. The first-order valence-electron chi connectivity index (χ1n) is 9.59. The fourth-order valence-corrected chi connectivity index (χ4v) is 3.56. The predicted octanol–water partition coefficient (Wildman–Crippen LogP) is 5.02. The molecule has 0 bridgehead atoms. The van der Waals surface area contributed by atoms with Crippen molar-refractivity contribution in [2.45, 2.75) is 33.0 Å². The van der Waals surface area contributed by atoms with Crippen LogP contribution in [0.1, 0.15) is 32.7 Å². The van der Waals surface area contributed by atoms with Gasteiger partial charge < -0.3 is 14.4 Å². The fourth-order valence-electron chi connectivity index (χ4n) is 3.56.